The highest BCUT2D eigenvalue weighted by atomic mass is 16.7. The van der Waals surface area contributed by atoms with Gasteiger partial charge in [0, 0.05) is 0 Å². The Morgan fingerprint density at radius 2 is 1.61 bits per heavy atom. The van der Waals surface area contributed by atoms with Crippen molar-refractivity contribution in [1.29, 1.82) is 0 Å². The molecule has 0 aromatic rings. The summed E-state index contributed by atoms with van der Waals surface area (Å²) in [4.78, 5) is 24.9. The number of unbranched alkanes of at least 4 members (excludes halogenated alkanes) is 4. The number of carbonyl (C=O) groups is 2. The predicted molar refractivity (Wildman–Crippen MR) is 123 cm³/mol. The van der Waals surface area contributed by atoms with Gasteiger partial charge < -0.3 is 49.6 Å². The van der Waals surface area contributed by atoms with E-state index in [1.165, 1.54) is 0 Å². The van der Waals surface area contributed by atoms with E-state index in [-0.39, 0.29) is 5.92 Å². The minimum Gasteiger partial charge on any atom is -0.505 e. The molecule has 0 amide bonds. The van der Waals surface area contributed by atoms with Crippen LogP contribution < -0.4 is 0 Å². The van der Waals surface area contributed by atoms with Crippen LogP contribution in [-0.4, -0.2) is 98.7 Å². The molecule has 0 aromatic heterocycles. The molecule has 6 N–H and O–H groups in total. The highest BCUT2D eigenvalue weighted by Gasteiger charge is 2.48. The molecule has 0 saturated carbocycles. The van der Waals surface area contributed by atoms with Gasteiger partial charge in [-0.25, -0.2) is 4.79 Å². The lowest BCUT2D eigenvalue weighted by atomic mass is 9.95. The summed E-state index contributed by atoms with van der Waals surface area (Å²) in [6.45, 7) is 2.88. The maximum Gasteiger partial charge on any atom is 0.378 e. The predicted octanol–water partition coefficient (Wildman–Crippen LogP) is 0.179. The van der Waals surface area contributed by atoms with Crippen molar-refractivity contribution in [3.8, 4) is 0 Å². The Balaban J connectivity index is 1.98. The van der Waals surface area contributed by atoms with Crippen LogP contribution in [0.4, 0.5) is 0 Å². The van der Waals surface area contributed by atoms with Crippen LogP contribution in [0.25, 0.3) is 0 Å². The molecule has 1 fully saturated rings. The molecule has 7 atom stereocenters. The van der Waals surface area contributed by atoms with Crippen LogP contribution in [0.5, 0.6) is 0 Å². The third kappa shape index (κ3) is 7.77. The summed E-state index contributed by atoms with van der Waals surface area (Å²) < 4.78 is 20.6. The largest absolute Gasteiger partial charge is 0.505 e. The molecule has 0 aromatic carbocycles. The zero-order valence-electron chi connectivity index (χ0n) is 20.8. The molecule has 2 heterocycles. The highest BCUT2D eigenvalue weighted by Crippen LogP contribution is 2.30. The maximum absolute atomic E-state index is 12.6. The molecule has 0 aliphatic carbocycles. The van der Waals surface area contributed by atoms with Crippen molar-refractivity contribution < 1.29 is 59.2 Å². The quantitative estimate of drug-likeness (QED) is 0.127. The van der Waals surface area contributed by atoms with E-state index in [2.05, 4.69) is 13.8 Å². The Morgan fingerprint density at radius 3 is 2.17 bits per heavy atom. The first-order chi connectivity index (χ1) is 17.2. The molecular weight excluding hydrogens is 480 g/mol. The van der Waals surface area contributed by atoms with Crippen molar-refractivity contribution in [1.82, 2.24) is 0 Å². The number of hydrogen-bond acceptors (Lipinski definition) is 12. The van der Waals surface area contributed by atoms with Crippen molar-refractivity contribution in [3.63, 3.8) is 0 Å². The summed E-state index contributed by atoms with van der Waals surface area (Å²) in [6, 6.07) is 0. The molecule has 2 rings (SSSR count). The SMILES string of the molecule is CCCCCC(CCCCC)C(=O)OC[C@H](O)[C@H]1OC(=O)C(OC2O[C@H](CO)[C@@H](O)[C@H](O)[C@H]2O)=C1O. The van der Waals surface area contributed by atoms with Crippen LogP contribution in [0.2, 0.25) is 0 Å². The summed E-state index contributed by atoms with van der Waals surface area (Å²) >= 11 is 0. The third-order valence-corrected chi connectivity index (χ3v) is 6.40. The van der Waals surface area contributed by atoms with Crippen LogP contribution in [-0.2, 0) is 28.5 Å². The molecule has 1 unspecified atom stereocenters. The van der Waals surface area contributed by atoms with Crippen molar-refractivity contribution in [2.75, 3.05) is 13.2 Å². The van der Waals surface area contributed by atoms with E-state index in [9.17, 15) is 40.2 Å². The molecule has 0 spiro atoms. The smallest absolute Gasteiger partial charge is 0.378 e. The van der Waals surface area contributed by atoms with Gasteiger partial charge in [-0.2, -0.15) is 0 Å². The lowest BCUT2D eigenvalue weighted by Gasteiger charge is -2.39. The van der Waals surface area contributed by atoms with E-state index >= 15 is 0 Å². The lowest BCUT2D eigenvalue weighted by Crippen LogP contribution is -2.59. The molecular formula is C24H40O12. The zero-order valence-corrected chi connectivity index (χ0v) is 20.8. The van der Waals surface area contributed by atoms with Crippen LogP contribution in [0.15, 0.2) is 11.5 Å². The van der Waals surface area contributed by atoms with E-state index in [0.717, 1.165) is 38.5 Å². The molecule has 0 bridgehead atoms. The van der Waals surface area contributed by atoms with Gasteiger partial charge in [-0.05, 0) is 12.8 Å². The van der Waals surface area contributed by atoms with Crippen LogP contribution in [0.3, 0.4) is 0 Å². The summed E-state index contributed by atoms with van der Waals surface area (Å²) in [5, 5.41) is 59.9. The van der Waals surface area contributed by atoms with E-state index < -0.39 is 79.6 Å². The number of ether oxygens (including phenoxy) is 4. The van der Waals surface area contributed by atoms with Gasteiger partial charge in [-0.3, -0.25) is 4.79 Å². The average Bonchev–Trinajstić information content (AvgIpc) is 3.14. The van der Waals surface area contributed by atoms with E-state index in [4.69, 9.17) is 18.9 Å². The Morgan fingerprint density at radius 1 is 1.00 bits per heavy atom. The van der Waals surface area contributed by atoms with Crippen LogP contribution in [0.1, 0.15) is 65.2 Å². The Hall–Kier alpha value is -1.96. The van der Waals surface area contributed by atoms with Crippen LogP contribution >= 0.6 is 0 Å². The number of cyclic esters (lactones) is 1. The number of esters is 2. The van der Waals surface area contributed by atoms with Gasteiger partial charge in [-0.1, -0.05) is 52.4 Å². The standard InChI is InChI=1S/C24H40O12/c1-3-5-7-9-13(10-8-6-4-2)22(31)33-12-14(26)20-19(30)21(23(32)35-20)36-24-18(29)17(28)16(27)15(11-25)34-24/h13-18,20,24-30H,3-12H2,1-2H3/t14-,15+,16+,17-,18+,20+,24?/m0/s1. The zero-order chi connectivity index (χ0) is 26.8. The van der Waals surface area contributed by atoms with E-state index in [1.807, 2.05) is 0 Å². The number of carbonyl (C=O) groups excluding carboxylic acids is 2. The molecule has 2 aliphatic rings. The number of rotatable bonds is 15. The maximum atomic E-state index is 12.6. The summed E-state index contributed by atoms with van der Waals surface area (Å²) in [5.74, 6) is -3.56. The molecule has 2 aliphatic heterocycles. The first-order valence-corrected chi connectivity index (χ1v) is 12.6. The second-order valence-corrected chi connectivity index (χ2v) is 9.24. The summed E-state index contributed by atoms with van der Waals surface area (Å²) in [6.07, 6.45) is -4.30. The van der Waals surface area contributed by atoms with Gasteiger partial charge in [0.2, 0.25) is 12.0 Å². The fourth-order valence-corrected chi connectivity index (χ4v) is 4.14. The monoisotopic (exact) mass is 520 g/mol. The molecule has 0 radical (unpaired) electrons. The average molecular weight is 521 g/mol. The first-order valence-electron chi connectivity index (χ1n) is 12.6. The minimum absolute atomic E-state index is 0.310. The van der Waals surface area contributed by atoms with Gasteiger partial charge in [0.25, 0.3) is 0 Å². The number of aliphatic hydroxyl groups excluding tert-OH is 6. The van der Waals surface area contributed by atoms with Gasteiger partial charge in [0.05, 0.1) is 12.5 Å². The van der Waals surface area contributed by atoms with Gasteiger partial charge in [-0.15, -0.1) is 0 Å². The third-order valence-electron chi connectivity index (χ3n) is 6.40. The van der Waals surface area contributed by atoms with Gasteiger partial charge >= 0.3 is 11.9 Å². The highest BCUT2D eigenvalue weighted by molar-refractivity contribution is 5.89. The van der Waals surface area contributed by atoms with Crippen molar-refractivity contribution >= 4 is 11.9 Å². The normalized spacial score (nSPS) is 29.4. The van der Waals surface area contributed by atoms with Gasteiger partial charge in [0.1, 0.15) is 37.1 Å². The second-order valence-electron chi connectivity index (χ2n) is 9.24. The Labute approximate surface area is 210 Å². The van der Waals surface area contributed by atoms with E-state index in [0.29, 0.717) is 12.8 Å². The lowest BCUT2D eigenvalue weighted by molar-refractivity contribution is -0.291. The molecule has 12 nitrogen and oxygen atoms in total. The second kappa shape index (κ2) is 14.7. The topological polar surface area (TPSA) is 192 Å². The minimum atomic E-state index is -1.82. The van der Waals surface area contributed by atoms with Gasteiger partial charge in [0.15, 0.2) is 11.9 Å². The molecule has 12 heteroatoms. The van der Waals surface area contributed by atoms with Crippen LogP contribution in [0, 0.1) is 5.92 Å². The first kappa shape index (κ1) is 30.3. The fourth-order valence-electron chi connectivity index (χ4n) is 4.14. The molecule has 208 valence electrons. The van der Waals surface area contributed by atoms with Crippen molar-refractivity contribution in [3.05, 3.63) is 11.5 Å². The van der Waals surface area contributed by atoms with Crippen molar-refractivity contribution in [2.24, 2.45) is 5.92 Å². The number of hydrogen-bond donors (Lipinski definition) is 6. The molecule has 1 saturated heterocycles. The fraction of sp³-hybridized carbons (Fsp3) is 0.833. The molecule has 36 heavy (non-hydrogen) atoms. The van der Waals surface area contributed by atoms with E-state index in [1.54, 1.807) is 0 Å². The summed E-state index contributed by atoms with van der Waals surface area (Å²) in [5.41, 5.74) is 0. The Kier molecular flexibility index (Phi) is 12.4. The van der Waals surface area contributed by atoms with Crippen molar-refractivity contribution in [2.45, 2.75) is 108 Å². The Bertz CT molecular complexity index is 729. The summed E-state index contributed by atoms with van der Waals surface area (Å²) in [7, 11) is 0. The number of aliphatic hydroxyl groups is 6.